The Morgan fingerprint density at radius 1 is 1.42 bits per heavy atom. The maximum atomic E-state index is 5.78. The first-order chi connectivity index (χ1) is 9.15. The van der Waals surface area contributed by atoms with Crippen LogP contribution in [0.3, 0.4) is 0 Å². The number of aromatic nitrogens is 5. The zero-order valence-corrected chi connectivity index (χ0v) is 11.3. The van der Waals surface area contributed by atoms with E-state index in [2.05, 4.69) is 20.1 Å². The lowest BCUT2D eigenvalue weighted by atomic mass is 10.4. The van der Waals surface area contributed by atoms with Crippen molar-refractivity contribution < 1.29 is 4.52 Å². The fourth-order valence-corrected chi connectivity index (χ4v) is 2.35. The third kappa shape index (κ3) is 2.15. The summed E-state index contributed by atoms with van der Waals surface area (Å²) in [5.41, 5.74) is 6.42. The van der Waals surface area contributed by atoms with Crippen molar-refractivity contribution in [3.05, 3.63) is 22.8 Å². The molecule has 2 N–H and O–H groups in total. The first kappa shape index (κ1) is 12.0. The van der Waals surface area contributed by atoms with Crippen LogP contribution in [-0.2, 0) is 7.05 Å². The van der Waals surface area contributed by atoms with E-state index in [-0.39, 0.29) is 6.04 Å². The fraction of sp³-hybridized carbons (Fsp3) is 0.273. The van der Waals surface area contributed by atoms with Crippen LogP contribution in [0, 0.1) is 0 Å². The highest BCUT2D eigenvalue weighted by atomic mass is 32.1. The highest BCUT2D eigenvalue weighted by Gasteiger charge is 2.16. The summed E-state index contributed by atoms with van der Waals surface area (Å²) in [6, 6.07) is -0.101. The lowest BCUT2D eigenvalue weighted by Crippen LogP contribution is -2.03. The minimum Gasteiger partial charge on any atom is -0.332 e. The van der Waals surface area contributed by atoms with Crippen molar-refractivity contribution in [2.75, 3.05) is 0 Å². The van der Waals surface area contributed by atoms with E-state index in [1.54, 1.807) is 6.20 Å². The van der Waals surface area contributed by atoms with E-state index in [4.69, 9.17) is 10.3 Å². The molecule has 1 atom stereocenters. The van der Waals surface area contributed by atoms with Crippen LogP contribution in [0.2, 0.25) is 0 Å². The normalized spacial score (nSPS) is 12.8. The summed E-state index contributed by atoms with van der Waals surface area (Å²) in [6.07, 6.45) is 3.50. The second-order valence-corrected chi connectivity index (χ2v) is 5.03. The zero-order chi connectivity index (χ0) is 13.4. The summed E-state index contributed by atoms with van der Waals surface area (Å²) in [7, 11) is 1.87. The molecule has 1 unspecified atom stereocenters. The van der Waals surface area contributed by atoms with Crippen LogP contribution < -0.4 is 5.73 Å². The minimum atomic E-state index is -0.101. The van der Waals surface area contributed by atoms with Gasteiger partial charge in [0.15, 0.2) is 5.82 Å². The van der Waals surface area contributed by atoms with Gasteiger partial charge in [0.05, 0.1) is 6.04 Å². The van der Waals surface area contributed by atoms with Gasteiger partial charge in [0, 0.05) is 24.8 Å². The molecule has 98 valence electrons. The van der Waals surface area contributed by atoms with Crippen molar-refractivity contribution in [3.8, 4) is 23.2 Å². The van der Waals surface area contributed by atoms with Gasteiger partial charge in [-0.25, -0.2) is 9.97 Å². The van der Waals surface area contributed by atoms with Crippen molar-refractivity contribution in [2.45, 2.75) is 13.0 Å². The molecule has 0 aliphatic rings. The number of hydrogen-bond acceptors (Lipinski definition) is 7. The number of aryl methyl sites for hydroxylation is 1. The number of thiazole rings is 1. The Bertz CT molecular complexity index is 697. The summed E-state index contributed by atoms with van der Waals surface area (Å²) in [6.45, 7) is 1.88. The Morgan fingerprint density at radius 3 is 2.89 bits per heavy atom. The molecule has 0 aliphatic carbocycles. The van der Waals surface area contributed by atoms with Gasteiger partial charge in [-0.05, 0) is 6.92 Å². The maximum absolute atomic E-state index is 5.78. The molecule has 0 aromatic carbocycles. The smallest absolute Gasteiger partial charge is 0.277 e. The second-order valence-electron chi connectivity index (χ2n) is 4.14. The average Bonchev–Trinajstić information content (AvgIpc) is 3.07. The van der Waals surface area contributed by atoms with Crippen LogP contribution in [0.4, 0.5) is 0 Å². The number of nitrogens with zero attached hydrogens (tertiary/aromatic N) is 5. The van der Waals surface area contributed by atoms with E-state index in [0.717, 1.165) is 5.01 Å². The summed E-state index contributed by atoms with van der Waals surface area (Å²) in [5.74, 6) is 1.47. The van der Waals surface area contributed by atoms with Gasteiger partial charge < -0.3 is 14.8 Å². The van der Waals surface area contributed by atoms with Crippen LogP contribution in [-0.4, -0.2) is 24.7 Å². The summed E-state index contributed by atoms with van der Waals surface area (Å²) in [4.78, 5) is 12.8. The SMILES string of the molecule is CC(N)c1nc(-c2nc(-c3nccn3C)no2)cs1. The van der Waals surface area contributed by atoms with Crippen LogP contribution in [0.25, 0.3) is 23.2 Å². The summed E-state index contributed by atoms with van der Waals surface area (Å²) < 4.78 is 7.03. The van der Waals surface area contributed by atoms with E-state index < -0.39 is 0 Å². The van der Waals surface area contributed by atoms with Crippen LogP contribution in [0.1, 0.15) is 18.0 Å². The molecule has 8 heteroatoms. The van der Waals surface area contributed by atoms with E-state index >= 15 is 0 Å². The molecule has 3 aromatic heterocycles. The molecule has 0 saturated heterocycles. The average molecular weight is 276 g/mol. The first-order valence-electron chi connectivity index (χ1n) is 5.68. The molecular weight excluding hydrogens is 264 g/mol. The zero-order valence-electron chi connectivity index (χ0n) is 10.4. The van der Waals surface area contributed by atoms with Gasteiger partial charge in [-0.15, -0.1) is 11.3 Å². The molecule has 7 nitrogen and oxygen atoms in total. The molecule has 3 rings (SSSR count). The highest BCUT2D eigenvalue weighted by molar-refractivity contribution is 7.10. The van der Waals surface area contributed by atoms with Crippen LogP contribution in [0.15, 0.2) is 22.3 Å². The standard InChI is InChI=1S/C11H12N6OS/c1-6(12)11-14-7(5-19-11)10-15-8(16-18-10)9-13-3-4-17(9)2/h3-6H,12H2,1-2H3. The van der Waals surface area contributed by atoms with Crippen molar-refractivity contribution in [1.29, 1.82) is 0 Å². The monoisotopic (exact) mass is 276 g/mol. The molecule has 0 amide bonds. The van der Waals surface area contributed by atoms with E-state index in [1.165, 1.54) is 11.3 Å². The third-order valence-electron chi connectivity index (χ3n) is 2.58. The van der Waals surface area contributed by atoms with Crippen molar-refractivity contribution in [3.63, 3.8) is 0 Å². The summed E-state index contributed by atoms with van der Waals surface area (Å²) in [5, 5.41) is 6.61. The summed E-state index contributed by atoms with van der Waals surface area (Å²) >= 11 is 1.48. The second kappa shape index (κ2) is 4.56. The molecule has 3 heterocycles. The molecule has 3 aromatic rings. The first-order valence-corrected chi connectivity index (χ1v) is 6.56. The van der Waals surface area contributed by atoms with Crippen LogP contribution >= 0.6 is 11.3 Å². The molecule has 0 bridgehead atoms. The number of rotatable bonds is 3. The molecule has 0 saturated carbocycles. The van der Waals surface area contributed by atoms with Crippen molar-refractivity contribution in [2.24, 2.45) is 12.8 Å². The van der Waals surface area contributed by atoms with E-state index in [1.807, 2.05) is 30.1 Å². The number of nitrogens with two attached hydrogens (primary N) is 1. The Hall–Kier alpha value is -2.06. The molecule has 0 fully saturated rings. The lowest BCUT2D eigenvalue weighted by Gasteiger charge is -1.95. The van der Waals surface area contributed by atoms with Gasteiger partial charge in [-0.2, -0.15) is 4.98 Å². The minimum absolute atomic E-state index is 0.101. The maximum Gasteiger partial charge on any atom is 0.277 e. The van der Waals surface area contributed by atoms with Gasteiger partial charge in [-0.1, -0.05) is 5.16 Å². The van der Waals surface area contributed by atoms with Gasteiger partial charge in [0.25, 0.3) is 5.89 Å². The van der Waals surface area contributed by atoms with E-state index in [9.17, 15) is 0 Å². The van der Waals surface area contributed by atoms with Gasteiger partial charge in [0.1, 0.15) is 10.7 Å². The predicted octanol–water partition coefficient (Wildman–Crippen LogP) is 1.61. The van der Waals surface area contributed by atoms with Gasteiger partial charge in [0.2, 0.25) is 5.82 Å². The Kier molecular flexibility index (Phi) is 2.88. The molecule has 19 heavy (non-hydrogen) atoms. The quantitative estimate of drug-likeness (QED) is 0.780. The van der Waals surface area contributed by atoms with Gasteiger partial charge in [-0.3, -0.25) is 0 Å². The fourth-order valence-electron chi connectivity index (χ4n) is 1.59. The van der Waals surface area contributed by atoms with Crippen molar-refractivity contribution in [1.82, 2.24) is 24.7 Å². The predicted molar refractivity (Wildman–Crippen MR) is 70.2 cm³/mol. The lowest BCUT2D eigenvalue weighted by molar-refractivity contribution is 0.430. The number of imidazole rings is 1. The van der Waals surface area contributed by atoms with Crippen LogP contribution in [0.5, 0.6) is 0 Å². The molecule has 0 spiro atoms. The molecule has 0 radical (unpaired) electrons. The molecule has 0 aliphatic heterocycles. The Labute approximate surface area is 113 Å². The number of hydrogen-bond donors (Lipinski definition) is 1. The topological polar surface area (TPSA) is 95.7 Å². The van der Waals surface area contributed by atoms with Gasteiger partial charge >= 0.3 is 0 Å². The largest absolute Gasteiger partial charge is 0.332 e. The Balaban J connectivity index is 1.94. The Morgan fingerprint density at radius 2 is 2.26 bits per heavy atom. The van der Waals surface area contributed by atoms with E-state index in [0.29, 0.717) is 23.2 Å². The third-order valence-corrected chi connectivity index (χ3v) is 3.62. The van der Waals surface area contributed by atoms with Crippen molar-refractivity contribution >= 4 is 11.3 Å². The highest BCUT2D eigenvalue weighted by Crippen LogP contribution is 2.24. The molecular formula is C11H12N6OS.